The van der Waals surface area contributed by atoms with E-state index in [0.29, 0.717) is 0 Å². The zero-order valence-corrected chi connectivity index (χ0v) is 13.5. The molecule has 1 aliphatic rings. The number of nitrogens with one attached hydrogen (secondary N) is 1. The van der Waals surface area contributed by atoms with Crippen molar-refractivity contribution >= 4 is 22.6 Å². The van der Waals surface area contributed by atoms with Crippen LogP contribution < -0.4 is 5.32 Å². The van der Waals surface area contributed by atoms with Gasteiger partial charge in [0.1, 0.15) is 5.82 Å². The fraction of sp³-hybridized carbons (Fsp3) is 0.588. The van der Waals surface area contributed by atoms with Crippen LogP contribution in [0, 0.1) is 5.92 Å². The molecule has 0 saturated carbocycles. The Bertz CT molecular complexity index is 599. The van der Waals surface area contributed by atoms with Crippen molar-refractivity contribution in [3.05, 3.63) is 29.0 Å². The first-order valence-corrected chi connectivity index (χ1v) is 8.51. The van der Waals surface area contributed by atoms with Crippen LogP contribution in [0.15, 0.2) is 18.2 Å². The number of aryl methyl sites for hydroxylation is 2. The average Bonchev–Trinajstić information content (AvgIpc) is 2.86. The van der Waals surface area contributed by atoms with E-state index in [4.69, 9.17) is 16.6 Å². The monoisotopic (exact) mass is 305 g/mol. The van der Waals surface area contributed by atoms with Crippen LogP contribution in [0.1, 0.15) is 38.4 Å². The van der Waals surface area contributed by atoms with E-state index in [9.17, 15) is 0 Å². The number of nitrogens with zero attached hydrogens (tertiary/aromatic N) is 2. The van der Waals surface area contributed by atoms with Crippen LogP contribution >= 0.6 is 11.6 Å². The van der Waals surface area contributed by atoms with Crippen molar-refractivity contribution in [1.82, 2.24) is 14.9 Å². The van der Waals surface area contributed by atoms with Gasteiger partial charge in [-0.25, -0.2) is 4.98 Å². The van der Waals surface area contributed by atoms with E-state index in [2.05, 4.69) is 22.9 Å². The summed E-state index contributed by atoms with van der Waals surface area (Å²) in [7, 11) is 0. The van der Waals surface area contributed by atoms with Crippen LogP contribution in [0.25, 0.3) is 11.0 Å². The molecule has 114 valence electrons. The predicted octanol–water partition coefficient (Wildman–Crippen LogP) is 4.03. The van der Waals surface area contributed by atoms with Gasteiger partial charge < -0.3 is 9.88 Å². The summed E-state index contributed by atoms with van der Waals surface area (Å²) in [5.74, 6) is 2.05. The van der Waals surface area contributed by atoms with E-state index in [1.165, 1.54) is 38.2 Å². The average molecular weight is 306 g/mol. The van der Waals surface area contributed by atoms with Gasteiger partial charge in [-0.1, -0.05) is 24.6 Å². The fourth-order valence-electron chi connectivity index (χ4n) is 3.35. The number of piperidine rings is 1. The van der Waals surface area contributed by atoms with Crippen molar-refractivity contribution in [3.8, 4) is 0 Å². The van der Waals surface area contributed by atoms with Gasteiger partial charge in [-0.05, 0) is 56.8 Å². The second-order valence-electron chi connectivity index (χ2n) is 6.02. The number of imidazole rings is 1. The summed E-state index contributed by atoms with van der Waals surface area (Å²) in [5.41, 5.74) is 2.15. The molecule has 1 fully saturated rings. The number of hydrogen-bond donors (Lipinski definition) is 1. The third-order valence-corrected chi connectivity index (χ3v) is 4.78. The molecule has 0 atom stereocenters. The maximum atomic E-state index is 6.39. The number of fused-ring (bicyclic) bond motifs is 1. The van der Waals surface area contributed by atoms with Crippen molar-refractivity contribution in [2.75, 3.05) is 13.1 Å². The summed E-state index contributed by atoms with van der Waals surface area (Å²) < 4.78 is 2.33. The first-order chi connectivity index (χ1) is 10.3. The Labute approximate surface area is 131 Å². The largest absolute Gasteiger partial charge is 0.327 e. The van der Waals surface area contributed by atoms with Crippen LogP contribution in [0.4, 0.5) is 0 Å². The summed E-state index contributed by atoms with van der Waals surface area (Å²) in [4.78, 5) is 4.84. The van der Waals surface area contributed by atoms with Crippen molar-refractivity contribution < 1.29 is 0 Å². The van der Waals surface area contributed by atoms with Gasteiger partial charge in [0.2, 0.25) is 0 Å². The summed E-state index contributed by atoms with van der Waals surface area (Å²) >= 11 is 6.39. The highest BCUT2D eigenvalue weighted by Gasteiger charge is 2.16. The summed E-state index contributed by atoms with van der Waals surface area (Å²) in [6.45, 7) is 5.55. The molecule has 3 rings (SSSR count). The number of para-hydroxylation sites is 1. The smallest absolute Gasteiger partial charge is 0.109 e. The normalized spacial score (nSPS) is 16.7. The Morgan fingerprint density at radius 1 is 1.33 bits per heavy atom. The van der Waals surface area contributed by atoms with Crippen LogP contribution in [0.3, 0.4) is 0 Å². The molecule has 0 amide bonds. The Balaban J connectivity index is 1.83. The van der Waals surface area contributed by atoms with Gasteiger partial charge in [0.15, 0.2) is 0 Å². The molecule has 1 aromatic heterocycles. The molecule has 1 saturated heterocycles. The first-order valence-electron chi connectivity index (χ1n) is 8.14. The van der Waals surface area contributed by atoms with E-state index >= 15 is 0 Å². The molecule has 21 heavy (non-hydrogen) atoms. The van der Waals surface area contributed by atoms with Crippen molar-refractivity contribution in [3.63, 3.8) is 0 Å². The second kappa shape index (κ2) is 6.80. The van der Waals surface area contributed by atoms with E-state index < -0.39 is 0 Å². The fourth-order valence-corrected chi connectivity index (χ4v) is 3.62. The molecule has 0 radical (unpaired) electrons. The number of rotatable bonds is 5. The molecule has 1 aromatic carbocycles. The van der Waals surface area contributed by atoms with Gasteiger partial charge in [-0.3, -0.25) is 0 Å². The van der Waals surface area contributed by atoms with E-state index in [1.54, 1.807) is 0 Å². The molecular formula is C17H24ClN3. The van der Waals surface area contributed by atoms with E-state index in [0.717, 1.165) is 41.4 Å². The lowest BCUT2D eigenvalue weighted by atomic mass is 9.93. The lowest BCUT2D eigenvalue weighted by Gasteiger charge is -2.22. The molecule has 2 heterocycles. The van der Waals surface area contributed by atoms with Crippen molar-refractivity contribution in [2.24, 2.45) is 5.92 Å². The highest BCUT2D eigenvalue weighted by Crippen LogP contribution is 2.27. The highest BCUT2D eigenvalue weighted by atomic mass is 35.5. The minimum absolute atomic E-state index is 0.821. The van der Waals surface area contributed by atoms with Crippen LogP contribution in [0.5, 0.6) is 0 Å². The standard InChI is InChI=1S/C17H24ClN3/c1-2-12-21-16(7-6-13-8-10-19-11-9-13)20-15-5-3-4-14(18)17(15)21/h3-5,13,19H,2,6-12H2,1H3. The van der Waals surface area contributed by atoms with Gasteiger partial charge in [-0.2, -0.15) is 0 Å². The number of aromatic nitrogens is 2. The summed E-state index contributed by atoms with van der Waals surface area (Å²) in [6, 6.07) is 6.03. The van der Waals surface area contributed by atoms with Crippen molar-refractivity contribution in [1.29, 1.82) is 0 Å². The molecular weight excluding hydrogens is 282 g/mol. The molecule has 0 spiro atoms. The molecule has 2 aromatic rings. The van der Waals surface area contributed by atoms with Crippen molar-refractivity contribution in [2.45, 2.75) is 45.6 Å². The van der Waals surface area contributed by atoms with E-state index in [-0.39, 0.29) is 0 Å². The third kappa shape index (κ3) is 3.24. The van der Waals surface area contributed by atoms with E-state index in [1.807, 2.05) is 12.1 Å². The molecule has 0 unspecified atom stereocenters. The lowest BCUT2D eigenvalue weighted by Crippen LogP contribution is -2.28. The van der Waals surface area contributed by atoms with Crippen LogP contribution in [-0.4, -0.2) is 22.6 Å². The Hall–Kier alpha value is -1.06. The van der Waals surface area contributed by atoms with Gasteiger partial charge >= 0.3 is 0 Å². The van der Waals surface area contributed by atoms with Gasteiger partial charge in [0, 0.05) is 13.0 Å². The maximum absolute atomic E-state index is 6.39. The highest BCUT2D eigenvalue weighted by molar-refractivity contribution is 6.35. The third-order valence-electron chi connectivity index (χ3n) is 4.48. The maximum Gasteiger partial charge on any atom is 0.109 e. The first kappa shape index (κ1) is 14.9. The molecule has 0 bridgehead atoms. The summed E-state index contributed by atoms with van der Waals surface area (Å²) in [6.07, 6.45) is 6.02. The van der Waals surface area contributed by atoms with Gasteiger partial charge in [0.25, 0.3) is 0 Å². The Kier molecular flexibility index (Phi) is 4.81. The molecule has 1 aliphatic heterocycles. The lowest BCUT2D eigenvalue weighted by molar-refractivity contribution is 0.351. The van der Waals surface area contributed by atoms with Crippen LogP contribution in [0.2, 0.25) is 5.02 Å². The number of halogens is 1. The molecule has 0 aliphatic carbocycles. The Morgan fingerprint density at radius 3 is 2.90 bits per heavy atom. The van der Waals surface area contributed by atoms with Gasteiger partial charge in [0.05, 0.1) is 16.1 Å². The second-order valence-corrected chi connectivity index (χ2v) is 6.43. The minimum Gasteiger partial charge on any atom is -0.327 e. The number of benzene rings is 1. The summed E-state index contributed by atoms with van der Waals surface area (Å²) in [5, 5.41) is 4.26. The molecule has 3 nitrogen and oxygen atoms in total. The van der Waals surface area contributed by atoms with Gasteiger partial charge in [-0.15, -0.1) is 0 Å². The zero-order valence-electron chi connectivity index (χ0n) is 12.7. The molecule has 4 heteroatoms. The zero-order chi connectivity index (χ0) is 14.7. The topological polar surface area (TPSA) is 29.9 Å². The quantitative estimate of drug-likeness (QED) is 0.904. The molecule has 1 N–H and O–H groups in total. The Morgan fingerprint density at radius 2 is 2.14 bits per heavy atom. The van der Waals surface area contributed by atoms with Crippen LogP contribution in [-0.2, 0) is 13.0 Å². The predicted molar refractivity (Wildman–Crippen MR) is 88.9 cm³/mol. The number of hydrogen-bond acceptors (Lipinski definition) is 2. The minimum atomic E-state index is 0.821. The SMILES string of the molecule is CCCn1c(CCC2CCNCC2)nc2cccc(Cl)c21.